The molecule has 4 nitrogen and oxygen atoms in total. The van der Waals surface area contributed by atoms with E-state index in [1.54, 1.807) is 13.8 Å². The molecular weight excluding hydrogens is 317 g/mol. The van der Waals surface area contributed by atoms with Gasteiger partial charge in [0.25, 0.3) is 0 Å². The largest absolute Gasteiger partial charge is 0.491 e. The second-order valence-electron chi connectivity index (χ2n) is 4.94. The van der Waals surface area contributed by atoms with Crippen LogP contribution in [0.1, 0.15) is 19.4 Å². The molecule has 0 aromatic heterocycles. The molecule has 23 heavy (non-hydrogen) atoms. The monoisotopic (exact) mass is 337 g/mol. The maximum absolute atomic E-state index is 14.0. The van der Waals surface area contributed by atoms with Crippen molar-refractivity contribution in [2.24, 2.45) is 0 Å². The predicted octanol–water partition coefficient (Wildman–Crippen LogP) is 3.44. The normalized spacial score (nSPS) is 11.7. The Labute approximate surface area is 136 Å². The summed E-state index contributed by atoms with van der Waals surface area (Å²) in [7, 11) is -3.77. The molecule has 0 atom stereocenters. The number of hydrogen-bond donors (Lipinski definition) is 0. The van der Waals surface area contributed by atoms with Gasteiger partial charge in [-0.15, -0.1) is 0 Å². The van der Waals surface area contributed by atoms with Crippen LogP contribution in [0.2, 0.25) is 0 Å². The minimum Gasteiger partial charge on any atom is -0.491 e. The third-order valence-electron chi connectivity index (χ3n) is 3.40. The average molecular weight is 337 g/mol. The van der Waals surface area contributed by atoms with E-state index in [0.717, 1.165) is 11.6 Å². The average Bonchev–Trinajstić information content (AvgIpc) is 2.55. The maximum Gasteiger partial charge on any atom is 0.243 e. The summed E-state index contributed by atoms with van der Waals surface area (Å²) in [6, 6.07) is 13.0. The molecule has 0 saturated heterocycles. The highest BCUT2D eigenvalue weighted by Gasteiger charge is 2.24. The molecule has 6 heteroatoms. The van der Waals surface area contributed by atoms with E-state index in [2.05, 4.69) is 0 Å². The SMILES string of the molecule is CCOc1ccc(S(=O)(=O)N(CC)Cc2ccccc2)cc1F. The third-order valence-corrected chi connectivity index (χ3v) is 5.31. The molecular formula is C17H20FNO3S. The number of halogens is 1. The first-order valence-electron chi connectivity index (χ1n) is 7.45. The summed E-state index contributed by atoms with van der Waals surface area (Å²) in [6.45, 7) is 4.35. The smallest absolute Gasteiger partial charge is 0.243 e. The number of hydrogen-bond acceptors (Lipinski definition) is 3. The number of ether oxygens (including phenoxy) is 1. The lowest BCUT2D eigenvalue weighted by Crippen LogP contribution is -2.30. The van der Waals surface area contributed by atoms with Gasteiger partial charge in [0.2, 0.25) is 10.0 Å². The van der Waals surface area contributed by atoms with Crippen molar-refractivity contribution >= 4 is 10.0 Å². The summed E-state index contributed by atoms with van der Waals surface area (Å²) in [5.41, 5.74) is 0.879. The fourth-order valence-corrected chi connectivity index (χ4v) is 3.67. The van der Waals surface area contributed by atoms with Gasteiger partial charge in [-0.25, -0.2) is 12.8 Å². The summed E-state index contributed by atoms with van der Waals surface area (Å²) in [6.07, 6.45) is 0. The van der Waals surface area contributed by atoms with E-state index in [1.807, 2.05) is 30.3 Å². The molecule has 0 aliphatic rings. The molecule has 0 heterocycles. The lowest BCUT2D eigenvalue weighted by atomic mass is 10.2. The van der Waals surface area contributed by atoms with Crippen LogP contribution in [0.4, 0.5) is 4.39 Å². The van der Waals surface area contributed by atoms with Crippen molar-refractivity contribution in [3.05, 3.63) is 59.9 Å². The van der Waals surface area contributed by atoms with Crippen LogP contribution in [0.5, 0.6) is 5.75 Å². The van der Waals surface area contributed by atoms with Crippen LogP contribution in [0.15, 0.2) is 53.4 Å². The van der Waals surface area contributed by atoms with Crippen molar-refractivity contribution in [3.63, 3.8) is 0 Å². The fourth-order valence-electron chi connectivity index (χ4n) is 2.22. The molecule has 0 bridgehead atoms. The highest BCUT2D eigenvalue weighted by Crippen LogP contribution is 2.24. The summed E-state index contributed by atoms with van der Waals surface area (Å²) in [4.78, 5) is -0.0729. The Morgan fingerprint density at radius 3 is 2.35 bits per heavy atom. The Kier molecular flexibility index (Phi) is 5.74. The Morgan fingerprint density at radius 1 is 1.09 bits per heavy atom. The predicted molar refractivity (Wildman–Crippen MR) is 87.3 cm³/mol. The summed E-state index contributed by atoms with van der Waals surface area (Å²) >= 11 is 0. The first kappa shape index (κ1) is 17.4. The highest BCUT2D eigenvalue weighted by atomic mass is 32.2. The second kappa shape index (κ2) is 7.57. The summed E-state index contributed by atoms with van der Waals surface area (Å²) in [5.74, 6) is -0.624. The van der Waals surface area contributed by atoms with Crippen molar-refractivity contribution in [1.82, 2.24) is 4.31 Å². The van der Waals surface area contributed by atoms with E-state index in [0.29, 0.717) is 13.2 Å². The van der Waals surface area contributed by atoms with Gasteiger partial charge in [0.15, 0.2) is 11.6 Å². The van der Waals surface area contributed by atoms with Crippen molar-refractivity contribution in [1.29, 1.82) is 0 Å². The number of sulfonamides is 1. The molecule has 124 valence electrons. The zero-order valence-corrected chi connectivity index (χ0v) is 14.0. The number of nitrogens with zero attached hydrogens (tertiary/aromatic N) is 1. The van der Waals surface area contributed by atoms with Crippen LogP contribution < -0.4 is 4.74 Å². The summed E-state index contributed by atoms with van der Waals surface area (Å²) < 4.78 is 45.8. The summed E-state index contributed by atoms with van der Waals surface area (Å²) in [5, 5.41) is 0. The van der Waals surface area contributed by atoms with Crippen molar-refractivity contribution in [2.45, 2.75) is 25.3 Å². The second-order valence-corrected chi connectivity index (χ2v) is 6.88. The Balaban J connectivity index is 2.30. The van der Waals surface area contributed by atoms with E-state index in [9.17, 15) is 12.8 Å². The van der Waals surface area contributed by atoms with Crippen LogP contribution in [0.3, 0.4) is 0 Å². The fraction of sp³-hybridized carbons (Fsp3) is 0.294. The van der Waals surface area contributed by atoms with Crippen molar-refractivity contribution in [3.8, 4) is 5.75 Å². The molecule has 0 amide bonds. The molecule has 0 saturated carbocycles. The molecule has 2 rings (SSSR count). The van der Waals surface area contributed by atoms with Gasteiger partial charge in [-0.2, -0.15) is 4.31 Å². The lowest BCUT2D eigenvalue weighted by Gasteiger charge is -2.21. The lowest BCUT2D eigenvalue weighted by molar-refractivity contribution is 0.321. The van der Waals surface area contributed by atoms with Gasteiger partial charge in [-0.1, -0.05) is 37.3 Å². The Morgan fingerprint density at radius 2 is 1.78 bits per heavy atom. The van der Waals surface area contributed by atoms with Crippen LogP contribution in [-0.4, -0.2) is 25.9 Å². The molecule has 2 aromatic rings. The van der Waals surface area contributed by atoms with Crippen molar-refractivity contribution in [2.75, 3.05) is 13.2 Å². The minimum absolute atomic E-state index is 0.0533. The molecule has 0 N–H and O–H groups in total. The molecule has 0 spiro atoms. The van der Waals surface area contributed by atoms with E-state index in [4.69, 9.17) is 4.74 Å². The molecule has 0 aliphatic heterocycles. The van der Waals surface area contributed by atoms with E-state index in [-0.39, 0.29) is 17.2 Å². The topological polar surface area (TPSA) is 46.6 Å². The molecule has 0 aliphatic carbocycles. The van der Waals surface area contributed by atoms with Crippen LogP contribution >= 0.6 is 0 Å². The van der Waals surface area contributed by atoms with Gasteiger partial charge in [0, 0.05) is 13.1 Å². The van der Waals surface area contributed by atoms with Gasteiger partial charge >= 0.3 is 0 Å². The Bertz CT molecular complexity index is 748. The van der Waals surface area contributed by atoms with Crippen LogP contribution in [-0.2, 0) is 16.6 Å². The zero-order valence-electron chi connectivity index (χ0n) is 13.2. The van der Waals surface area contributed by atoms with Gasteiger partial charge in [0.1, 0.15) is 0 Å². The standard InChI is InChI=1S/C17H20FNO3S/c1-3-19(13-14-8-6-5-7-9-14)23(20,21)15-10-11-17(22-4-2)16(18)12-15/h5-12H,3-4,13H2,1-2H3. The molecule has 2 aromatic carbocycles. The molecule has 0 fully saturated rings. The Hall–Kier alpha value is -1.92. The number of benzene rings is 2. The van der Waals surface area contributed by atoms with E-state index < -0.39 is 15.8 Å². The molecule has 0 radical (unpaired) electrons. The van der Waals surface area contributed by atoms with Gasteiger partial charge < -0.3 is 4.74 Å². The van der Waals surface area contributed by atoms with Gasteiger partial charge in [-0.3, -0.25) is 0 Å². The van der Waals surface area contributed by atoms with E-state index >= 15 is 0 Å². The first-order chi connectivity index (χ1) is 11.0. The van der Waals surface area contributed by atoms with Crippen molar-refractivity contribution < 1.29 is 17.5 Å². The first-order valence-corrected chi connectivity index (χ1v) is 8.89. The quantitative estimate of drug-likeness (QED) is 0.777. The van der Waals surface area contributed by atoms with Gasteiger partial charge in [-0.05, 0) is 30.7 Å². The van der Waals surface area contributed by atoms with Crippen LogP contribution in [0, 0.1) is 5.82 Å². The minimum atomic E-state index is -3.77. The van der Waals surface area contributed by atoms with Crippen LogP contribution in [0.25, 0.3) is 0 Å². The maximum atomic E-state index is 14.0. The number of rotatable bonds is 7. The van der Waals surface area contributed by atoms with Gasteiger partial charge in [0.05, 0.1) is 11.5 Å². The zero-order chi connectivity index (χ0) is 16.9. The molecule has 0 unspecified atom stereocenters. The van der Waals surface area contributed by atoms with E-state index in [1.165, 1.54) is 16.4 Å². The third kappa shape index (κ3) is 4.09. The highest BCUT2D eigenvalue weighted by molar-refractivity contribution is 7.89.